The summed E-state index contributed by atoms with van der Waals surface area (Å²) in [7, 11) is 1.59. The van der Waals surface area contributed by atoms with E-state index in [0.29, 0.717) is 17.5 Å². The molecule has 2 N–H and O–H groups in total. The number of aromatic amines is 1. The Morgan fingerprint density at radius 2 is 2.00 bits per heavy atom. The number of fused-ring (bicyclic) bond motifs is 1. The topological polar surface area (TPSA) is 84.8 Å². The summed E-state index contributed by atoms with van der Waals surface area (Å²) in [6, 6.07) is 15.9. The summed E-state index contributed by atoms with van der Waals surface area (Å²) in [5.41, 5.74) is 2.77. The Kier molecular flexibility index (Phi) is 4.92. The van der Waals surface area contributed by atoms with Crippen LogP contribution in [0.25, 0.3) is 22.3 Å². The standard InChI is InChI=1S/C22H21N5O2S/c1-29-19-9-5-4-8-18(19)24-20(28)13-30-22-26-25-21(27(22)14-10-11-14)16-12-23-17-7-3-2-6-15(16)17/h2-9,12,14,23H,10-11,13H2,1H3,(H,24,28). The molecule has 0 saturated heterocycles. The van der Waals surface area contributed by atoms with E-state index in [9.17, 15) is 4.79 Å². The fourth-order valence-corrected chi connectivity index (χ4v) is 4.35. The Labute approximate surface area is 177 Å². The summed E-state index contributed by atoms with van der Waals surface area (Å²) in [4.78, 5) is 15.8. The summed E-state index contributed by atoms with van der Waals surface area (Å²) in [6.07, 6.45) is 4.19. The third-order valence-corrected chi connectivity index (χ3v) is 6.06. The lowest BCUT2D eigenvalue weighted by Crippen LogP contribution is -2.15. The molecule has 1 saturated carbocycles. The van der Waals surface area contributed by atoms with Gasteiger partial charge >= 0.3 is 0 Å². The molecule has 1 aliphatic rings. The molecule has 0 atom stereocenters. The van der Waals surface area contributed by atoms with Gasteiger partial charge < -0.3 is 15.0 Å². The zero-order valence-corrected chi connectivity index (χ0v) is 17.3. The van der Waals surface area contributed by atoms with Crippen molar-refractivity contribution in [3.63, 3.8) is 0 Å². The number of nitrogens with one attached hydrogen (secondary N) is 2. The molecule has 7 nitrogen and oxygen atoms in total. The van der Waals surface area contributed by atoms with Crippen LogP contribution < -0.4 is 10.1 Å². The van der Waals surface area contributed by atoms with Crippen LogP contribution in [-0.2, 0) is 4.79 Å². The highest BCUT2D eigenvalue weighted by Gasteiger charge is 2.31. The number of carbonyl (C=O) groups is 1. The van der Waals surface area contributed by atoms with Crippen LogP contribution in [0.3, 0.4) is 0 Å². The first kappa shape index (κ1) is 18.7. The maximum Gasteiger partial charge on any atom is 0.234 e. The molecule has 0 radical (unpaired) electrons. The van der Waals surface area contributed by atoms with Gasteiger partial charge in [0.25, 0.3) is 0 Å². The van der Waals surface area contributed by atoms with Gasteiger partial charge in [0.2, 0.25) is 5.91 Å². The van der Waals surface area contributed by atoms with Crippen molar-refractivity contribution in [2.45, 2.75) is 24.0 Å². The molecule has 0 unspecified atom stereocenters. The number of rotatable bonds is 7. The van der Waals surface area contributed by atoms with E-state index in [1.165, 1.54) is 11.8 Å². The zero-order chi connectivity index (χ0) is 20.5. The van der Waals surface area contributed by atoms with Crippen LogP contribution in [0.15, 0.2) is 59.9 Å². The fraction of sp³-hybridized carbons (Fsp3) is 0.227. The SMILES string of the molecule is COc1ccccc1NC(=O)CSc1nnc(-c2c[nH]c3ccccc23)n1C1CC1. The highest BCUT2D eigenvalue weighted by molar-refractivity contribution is 7.99. The molecule has 8 heteroatoms. The normalized spacial score (nSPS) is 13.5. The van der Waals surface area contributed by atoms with E-state index < -0.39 is 0 Å². The Bertz CT molecular complexity index is 1210. The number of aromatic nitrogens is 4. The second-order valence-corrected chi connectivity index (χ2v) is 8.13. The summed E-state index contributed by atoms with van der Waals surface area (Å²) < 4.78 is 7.47. The monoisotopic (exact) mass is 419 g/mol. The third-order valence-electron chi connectivity index (χ3n) is 5.12. The van der Waals surface area contributed by atoms with Crippen molar-refractivity contribution < 1.29 is 9.53 Å². The number of amides is 1. The lowest BCUT2D eigenvalue weighted by Gasteiger charge is -2.10. The van der Waals surface area contributed by atoms with Crippen LogP contribution in [-0.4, -0.2) is 38.5 Å². The first-order chi connectivity index (χ1) is 14.7. The Morgan fingerprint density at radius 1 is 1.20 bits per heavy atom. The number of carbonyl (C=O) groups excluding carboxylic acids is 1. The minimum absolute atomic E-state index is 0.108. The summed E-state index contributed by atoms with van der Waals surface area (Å²) >= 11 is 1.41. The smallest absolute Gasteiger partial charge is 0.234 e. The molecule has 1 fully saturated rings. The molecule has 0 aliphatic heterocycles. The minimum atomic E-state index is -0.108. The Hall–Kier alpha value is -3.26. The molecule has 2 aromatic heterocycles. The molecule has 0 bridgehead atoms. The van der Waals surface area contributed by atoms with Gasteiger partial charge in [-0.2, -0.15) is 0 Å². The van der Waals surface area contributed by atoms with Crippen molar-refractivity contribution in [1.29, 1.82) is 0 Å². The molecular formula is C22H21N5O2S. The van der Waals surface area contributed by atoms with Crippen molar-refractivity contribution in [3.8, 4) is 17.1 Å². The molecule has 2 heterocycles. The molecule has 0 spiro atoms. The number of thioether (sulfide) groups is 1. The fourth-order valence-electron chi connectivity index (χ4n) is 3.54. The molecule has 1 amide bonds. The Balaban J connectivity index is 1.36. The Morgan fingerprint density at radius 3 is 2.83 bits per heavy atom. The van der Waals surface area contributed by atoms with E-state index in [1.54, 1.807) is 7.11 Å². The van der Waals surface area contributed by atoms with Crippen molar-refractivity contribution >= 4 is 34.3 Å². The van der Waals surface area contributed by atoms with Gasteiger partial charge in [-0.3, -0.25) is 9.36 Å². The van der Waals surface area contributed by atoms with Gasteiger partial charge in [0.05, 0.1) is 18.6 Å². The highest BCUT2D eigenvalue weighted by atomic mass is 32.2. The van der Waals surface area contributed by atoms with Gasteiger partial charge in [-0.1, -0.05) is 42.1 Å². The van der Waals surface area contributed by atoms with Crippen molar-refractivity contribution in [2.24, 2.45) is 0 Å². The van der Waals surface area contributed by atoms with Crippen LogP contribution >= 0.6 is 11.8 Å². The van der Waals surface area contributed by atoms with Crippen LogP contribution in [0.4, 0.5) is 5.69 Å². The number of hydrogen-bond donors (Lipinski definition) is 2. The molecule has 4 aromatic rings. The van der Waals surface area contributed by atoms with E-state index in [-0.39, 0.29) is 11.7 Å². The van der Waals surface area contributed by atoms with Gasteiger partial charge in [0.15, 0.2) is 11.0 Å². The third kappa shape index (κ3) is 3.54. The van der Waals surface area contributed by atoms with Crippen molar-refractivity contribution in [1.82, 2.24) is 19.7 Å². The van der Waals surface area contributed by atoms with Gasteiger partial charge in [-0.15, -0.1) is 10.2 Å². The quantitative estimate of drug-likeness (QED) is 0.431. The van der Waals surface area contributed by atoms with Crippen molar-refractivity contribution in [3.05, 3.63) is 54.7 Å². The van der Waals surface area contributed by atoms with Gasteiger partial charge in [0, 0.05) is 28.7 Å². The van der Waals surface area contributed by atoms with E-state index in [0.717, 1.165) is 40.3 Å². The minimum Gasteiger partial charge on any atom is -0.495 e. The molecular weight excluding hydrogens is 398 g/mol. The molecule has 2 aromatic carbocycles. The predicted octanol–water partition coefficient (Wildman–Crippen LogP) is 4.50. The van der Waals surface area contributed by atoms with E-state index in [4.69, 9.17) is 4.74 Å². The van der Waals surface area contributed by atoms with Crippen LogP contribution in [0.1, 0.15) is 18.9 Å². The molecule has 152 valence electrons. The maximum absolute atomic E-state index is 12.5. The van der Waals surface area contributed by atoms with E-state index >= 15 is 0 Å². The summed E-state index contributed by atoms with van der Waals surface area (Å²) in [5.74, 6) is 1.63. The predicted molar refractivity (Wildman–Crippen MR) is 118 cm³/mol. The van der Waals surface area contributed by atoms with Gasteiger partial charge in [-0.05, 0) is 31.0 Å². The lowest BCUT2D eigenvalue weighted by atomic mass is 10.1. The number of methoxy groups -OCH3 is 1. The zero-order valence-electron chi connectivity index (χ0n) is 16.5. The molecule has 30 heavy (non-hydrogen) atoms. The lowest BCUT2D eigenvalue weighted by molar-refractivity contribution is -0.113. The van der Waals surface area contributed by atoms with Gasteiger partial charge in [-0.25, -0.2) is 0 Å². The highest BCUT2D eigenvalue weighted by Crippen LogP contribution is 2.42. The first-order valence-electron chi connectivity index (χ1n) is 9.81. The van der Waals surface area contributed by atoms with E-state index in [1.807, 2.05) is 42.6 Å². The molecule has 5 rings (SSSR count). The second-order valence-electron chi connectivity index (χ2n) is 7.19. The van der Waals surface area contributed by atoms with Crippen LogP contribution in [0.2, 0.25) is 0 Å². The molecule has 1 aliphatic carbocycles. The maximum atomic E-state index is 12.5. The van der Waals surface area contributed by atoms with E-state index in [2.05, 4.69) is 37.2 Å². The first-order valence-corrected chi connectivity index (χ1v) is 10.8. The number of ether oxygens (including phenoxy) is 1. The number of anilines is 1. The van der Waals surface area contributed by atoms with Crippen molar-refractivity contribution in [2.75, 3.05) is 18.2 Å². The number of hydrogen-bond acceptors (Lipinski definition) is 5. The summed E-state index contributed by atoms with van der Waals surface area (Å²) in [6.45, 7) is 0. The second kappa shape index (κ2) is 7.87. The largest absolute Gasteiger partial charge is 0.495 e. The number of para-hydroxylation sites is 3. The number of benzene rings is 2. The summed E-state index contributed by atoms with van der Waals surface area (Å²) in [5, 5.41) is 13.7. The van der Waals surface area contributed by atoms with Gasteiger partial charge in [0.1, 0.15) is 5.75 Å². The number of H-pyrrole nitrogens is 1. The van der Waals surface area contributed by atoms with Crippen LogP contribution in [0.5, 0.6) is 5.75 Å². The average Bonchev–Trinajstić information content (AvgIpc) is 3.38. The average molecular weight is 420 g/mol. The number of nitrogens with zero attached hydrogens (tertiary/aromatic N) is 3. The van der Waals surface area contributed by atoms with Crippen LogP contribution in [0, 0.1) is 0 Å².